The maximum absolute atomic E-state index is 12.7. The number of benzene rings is 3. The van der Waals surface area contributed by atoms with Crippen LogP contribution < -0.4 is 22.5 Å². The number of ether oxygens (including phenoxy) is 1. The van der Waals surface area contributed by atoms with Gasteiger partial charge in [0.15, 0.2) is 4.60 Å². The van der Waals surface area contributed by atoms with Crippen LogP contribution in [0.4, 0.5) is 0 Å². The van der Waals surface area contributed by atoms with Crippen LogP contribution in [0.5, 0.6) is 5.88 Å². The fourth-order valence-corrected chi connectivity index (χ4v) is 5.38. The number of nitrogens with one attached hydrogen (secondary N) is 1. The van der Waals surface area contributed by atoms with Crippen LogP contribution in [-0.2, 0) is 44.3 Å². The minimum atomic E-state index is -0.893. The van der Waals surface area contributed by atoms with E-state index in [2.05, 4.69) is 36.3 Å². The van der Waals surface area contributed by atoms with E-state index in [-0.39, 0.29) is 24.4 Å². The molecule has 0 spiro atoms. The van der Waals surface area contributed by atoms with Crippen LogP contribution in [0, 0.1) is 0 Å². The second-order valence-corrected chi connectivity index (χ2v) is 11.4. The molecule has 0 saturated carbocycles. The Balaban J connectivity index is 0.000000182. The molecular formula is C32H29BrN10O6. The number of hydrogen-bond donors (Lipinski definition) is 2. The molecule has 0 atom stereocenters. The average molecular weight is 730 g/mol. The molecule has 0 saturated heterocycles. The fraction of sp³-hybridized carbons (Fsp3) is 0.188. The largest absolute Gasteiger partial charge is 0.488 e. The molecule has 0 radical (unpaired) electrons. The number of rotatable bonds is 10. The molecule has 250 valence electrons. The molecule has 4 heterocycles. The molecule has 17 heteroatoms. The van der Waals surface area contributed by atoms with Crippen LogP contribution in [-0.4, -0.2) is 53.8 Å². The van der Waals surface area contributed by atoms with Crippen LogP contribution in [0.1, 0.15) is 5.56 Å². The molecule has 0 aliphatic carbocycles. The van der Waals surface area contributed by atoms with Crippen LogP contribution in [0.25, 0.3) is 21.8 Å². The van der Waals surface area contributed by atoms with Crippen molar-refractivity contribution in [1.82, 2.24) is 48.7 Å². The predicted molar refractivity (Wildman–Crippen MR) is 182 cm³/mol. The molecule has 0 aliphatic rings. The van der Waals surface area contributed by atoms with Crippen molar-refractivity contribution in [3.05, 3.63) is 143 Å². The number of aromatic hydroxyl groups is 1. The summed E-state index contributed by atoms with van der Waals surface area (Å²) in [6.07, 6.45) is 3.51. The zero-order valence-electron chi connectivity index (χ0n) is 25.8. The summed E-state index contributed by atoms with van der Waals surface area (Å²) in [6.45, 7) is 1.43. The van der Waals surface area contributed by atoms with Gasteiger partial charge in [-0.2, -0.15) is 15.3 Å². The Labute approximate surface area is 284 Å². The van der Waals surface area contributed by atoms with Gasteiger partial charge < -0.3 is 9.84 Å². The van der Waals surface area contributed by atoms with Crippen molar-refractivity contribution in [2.75, 3.05) is 0 Å². The average Bonchev–Trinajstić information content (AvgIpc) is 3.73. The van der Waals surface area contributed by atoms with Gasteiger partial charge in [0.05, 0.1) is 56.2 Å². The Morgan fingerprint density at radius 3 is 1.88 bits per heavy atom. The second kappa shape index (κ2) is 14.9. The highest BCUT2D eigenvalue weighted by Gasteiger charge is 2.13. The van der Waals surface area contributed by atoms with Gasteiger partial charge in [0.1, 0.15) is 6.73 Å². The summed E-state index contributed by atoms with van der Waals surface area (Å²) < 4.78 is 12.4. The standard InChI is InChI=1S/C20H18BrN5O3.C12H11N5O3/c21-18-19(27)24(14-29-13-15-6-2-1-3-7-15)20(28)26(23-18)11-10-25-17-9-5-4-8-16(17)12-22-25;18-10-11(19)15-17(12(20)14-10)6-5-16-9-4-2-1-3-8(9)7-13-16/h1-9,12H,10-11,13-14H2;1-4,7H,5-6H2,(H,15,19)(H,14,18,20). The highest BCUT2D eigenvalue weighted by atomic mass is 79.9. The van der Waals surface area contributed by atoms with E-state index in [0.29, 0.717) is 19.7 Å². The van der Waals surface area contributed by atoms with Gasteiger partial charge >= 0.3 is 16.9 Å². The van der Waals surface area contributed by atoms with Gasteiger partial charge in [-0.05, 0) is 33.6 Å². The smallest absolute Gasteiger partial charge is 0.349 e. The number of para-hydroxylation sites is 2. The van der Waals surface area contributed by atoms with Crippen LogP contribution in [0.3, 0.4) is 0 Å². The lowest BCUT2D eigenvalue weighted by atomic mass is 10.2. The van der Waals surface area contributed by atoms with Crippen LogP contribution in [0.15, 0.2) is 115 Å². The predicted octanol–water partition coefficient (Wildman–Crippen LogP) is 2.08. The Hall–Kier alpha value is -5.94. The van der Waals surface area contributed by atoms with Crippen molar-refractivity contribution in [3.8, 4) is 5.88 Å². The van der Waals surface area contributed by atoms with E-state index in [9.17, 15) is 24.3 Å². The SMILES string of the molecule is O=c1[nH]c(=O)n(CCn2ncc3ccccc32)nc1O.O=c1c(Br)nn(CCn2ncc3ccccc32)c(=O)n1COCc1ccccc1. The maximum atomic E-state index is 12.7. The Kier molecular flexibility index (Phi) is 10.0. The van der Waals surface area contributed by atoms with E-state index in [1.54, 1.807) is 21.8 Å². The van der Waals surface area contributed by atoms with Gasteiger partial charge in [-0.1, -0.05) is 66.7 Å². The molecule has 0 aliphatic heterocycles. The topological polar surface area (TPSA) is 190 Å². The highest BCUT2D eigenvalue weighted by molar-refractivity contribution is 9.10. The number of fused-ring (bicyclic) bond motifs is 2. The van der Waals surface area contributed by atoms with Gasteiger partial charge in [-0.3, -0.25) is 23.9 Å². The summed E-state index contributed by atoms with van der Waals surface area (Å²) in [7, 11) is 0. The van der Waals surface area contributed by atoms with Gasteiger partial charge in [0.25, 0.3) is 11.4 Å². The molecule has 4 aromatic heterocycles. The Bertz CT molecular complexity index is 2460. The number of nitrogens with zero attached hydrogens (tertiary/aromatic N) is 9. The monoisotopic (exact) mass is 728 g/mol. The van der Waals surface area contributed by atoms with E-state index >= 15 is 0 Å². The van der Waals surface area contributed by atoms with E-state index < -0.39 is 28.4 Å². The van der Waals surface area contributed by atoms with Crippen molar-refractivity contribution in [1.29, 1.82) is 0 Å². The first-order valence-corrected chi connectivity index (χ1v) is 15.8. The molecule has 49 heavy (non-hydrogen) atoms. The Morgan fingerprint density at radius 1 is 0.694 bits per heavy atom. The normalized spacial score (nSPS) is 11.1. The summed E-state index contributed by atoms with van der Waals surface area (Å²) >= 11 is 3.14. The Morgan fingerprint density at radius 2 is 1.24 bits per heavy atom. The molecule has 7 rings (SSSR count). The molecular weight excluding hydrogens is 700 g/mol. The van der Waals surface area contributed by atoms with Crippen molar-refractivity contribution >= 4 is 37.7 Å². The number of aromatic nitrogens is 10. The summed E-state index contributed by atoms with van der Waals surface area (Å²) in [5.74, 6) is -0.727. The zero-order chi connectivity index (χ0) is 34.3. The van der Waals surface area contributed by atoms with E-state index in [1.165, 1.54) is 4.68 Å². The third-order valence-electron chi connectivity index (χ3n) is 7.44. The third-order valence-corrected chi connectivity index (χ3v) is 7.93. The first-order valence-electron chi connectivity index (χ1n) is 15.0. The zero-order valence-corrected chi connectivity index (χ0v) is 27.4. The van der Waals surface area contributed by atoms with E-state index in [4.69, 9.17) is 4.74 Å². The minimum Gasteiger partial charge on any atom is -0.488 e. The van der Waals surface area contributed by atoms with E-state index in [0.717, 1.165) is 36.6 Å². The minimum absolute atomic E-state index is 0.0609. The van der Waals surface area contributed by atoms with E-state index in [1.807, 2.05) is 83.8 Å². The molecule has 16 nitrogen and oxygen atoms in total. The molecule has 0 amide bonds. The van der Waals surface area contributed by atoms with Crippen molar-refractivity contribution in [2.45, 2.75) is 39.5 Å². The second-order valence-electron chi connectivity index (χ2n) is 10.7. The van der Waals surface area contributed by atoms with Crippen LogP contribution >= 0.6 is 15.9 Å². The molecule has 0 fully saturated rings. The maximum Gasteiger partial charge on any atom is 0.349 e. The fourth-order valence-electron chi connectivity index (χ4n) is 4.98. The third kappa shape index (κ3) is 7.63. The summed E-state index contributed by atoms with van der Waals surface area (Å²) in [6, 6.07) is 25.0. The number of hydrogen-bond acceptors (Lipinski definition) is 10. The molecule has 3 aromatic carbocycles. The molecule has 7 aromatic rings. The van der Waals surface area contributed by atoms with Gasteiger partial charge in [0, 0.05) is 10.8 Å². The summed E-state index contributed by atoms with van der Waals surface area (Å²) in [5.41, 5.74) is 0.263. The molecule has 2 N–H and O–H groups in total. The lowest BCUT2D eigenvalue weighted by Crippen LogP contribution is -2.43. The van der Waals surface area contributed by atoms with Gasteiger partial charge in [-0.15, -0.1) is 5.10 Å². The summed E-state index contributed by atoms with van der Waals surface area (Å²) in [4.78, 5) is 49.6. The number of H-pyrrole nitrogens is 1. The lowest BCUT2D eigenvalue weighted by Gasteiger charge is -2.11. The van der Waals surface area contributed by atoms with Crippen molar-refractivity contribution < 1.29 is 9.84 Å². The summed E-state index contributed by atoms with van der Waals surface area (Å²) in [5, 5.41) is 27.4. The first kappa shape index (κ1) is 33.0. The quantitative estimate of drug-likeness (QED) is 0.211. The lowest BCUT2D eigenvalue weighted by molar-refractivity contribution is 0.0567. The number of aromatic amines is 1. The van der Waals surface area contributed by atoms with Gasteiger partial charge in [0.2, 0.25) is 0 Å². The van der Waals surface area contributed by atoms with Gasteiger partial charge in [-0.25, -0.2) is 23.5 Å². The molecule has 0 unspecified atom stereocenters. The first-order chi connectivity index (χ1) is 23.8. The number of aryl methyl sites for hydroxylation is 4. The van der Waals surface area contributed by atoms with Crippen molar-refractivity contribution in [3.63, 3.8) is 0 Å². The van der Waals surface area contributed by atoms with Crippen LogP contribution in [0.2, 0.25) is 0 Å². The van der Waals surface area contributed by atoms with Crippen molar-refractivity contribution in [2.24, 2.45) is 0 Å². The molecule has 0 bridgehead atoms. The number of halogens is 1. The highest BCUT2D eigenvalue weighted by Crippen LogP contribution is 2.13.